The van der Waals surface area contributed by atoms with E-state index in [9.17, 15) is 0 Å². The molecule has 0 saturated carbocycles. The normalized spacial score (nSPS) is 10.5. The Kier molecular flexibility index (Phi) is 3.69. The van der Waals surface area contributed by atoms with Gasteiger partial charge in [0.25, 0.3) is 0 Å². The molecule has 0 fully saturated rings. The van der Waals surface area contributed by atoms with Crippen LogP contribution in [-0.4, -0.2) is 26.7 Å². The third-order valence-electron chi connectivity index (χ3n) is 2.67. The predicted molar refractivity (Wildman–Crippen MR) is 66.9 cm³/mol. The molecule has 0 saturated heterocycles. The molecule has 2 N–H and O–H groups in total. The van der Waals surface area contributed by atoms with Crippen LogP contribution >= 0.6 is 0 Å². The first-order chi connectivity index (χ1) is 8.25. The number of nitrogens with zero attached hydrogens (tertiary/aromatic N) is 3. The molecule has 0 unspecified atom stereocenters. The van der Waals surface area contributed by atoms with Crippen molar-refractivity contribution in [3.05, 3.63) is 35.5 Å². The highest BCUT2D eigenvalue weighted by Gasteiger charge is 2.00. The van der Waals surface area contributed by atoms with Crippen molar-refractivity contribution in [3.63, 3.8) is 0 Å². The summed E-state index contributed by atoms with van der Waals surface area (Å²) in [5.74, 6) is 0.890. The van der Waals surface area contributed by atoms with Crippen molar-refractivity contribution in [2.45, 2.75) is 26.7 Å². The van der Waals surface area contributed by atoms with Crippen molar-refractivity contribution in [3.8, 4) is 0 Å². The molecule has 0 bridgehead atoms. The first-order valence-electron chi connectivity index (χ1n) is 5.77. The largest absolute Gasteiger partial charge is 0.370 e. The summed E-state index contributed by atoms with van der Waals surface area (Å²) in [6, 6.07) is 1.95. The summed E-state index contributed by atoms with van der Waals surface area (Å²) in [5, 5.41) is 10.2. The number of aromatic nitrogens is 4. The molecule has 0 aliphatic carbocycles. The lowest BCUT2D eigenvalue weighted by atomic mass is 10.1. The Hall–Kier alpha value is -1.91. The second kappa shape index (κ2) is 5.43. The Balaban J connectivity index is 1.75. The van der Waals surface area contributed by atoms with Crippen molar-refractivity contribution < 1.29 is 0 Å². The van der Waals surface area contributed by atoms with Crippen molar-refractivity contribution in [1.82, 2.24) is 20.2 Å². The minimum Gasteiger partial charge on any atom is -0.370 e. The standard InChI is InChI=1S/C12H17N5/c1-9-6-12(15-8-14-9)13-5-3-4-11-7-16-17-10(11)2/h6-8H,3-5H2,1-2H3,(H,16,17)(H,13,14,15). The fraction of sp³-hybridized carbons (Fsp3) is 0.417. The second-order valence-corrected chi connectivity index (χ2v) is 4.10. The summed E-state index contributed by atoms with van der Waals surface area (Å²) < 4.78 is 0. The highest BCUT2D eigenvalue weighted by molar-refractivity contribution is 5.34. The third kappa shape index (κ3) is 3.27. The predicted octanol–water partition coefficient (Wildman–Crippen LogP) is 1.86. The van der Waals surface area contributed by atoms with Gasteiger partial charge >= 0.3 is 0 Å². The first-order valence-corrected chi connectivity index (χ1v) is 5.77. The van der Waals surface area contributed by atoms with E-state index in [4.69, 9.17) is 0 Å². The summed E-state index contributed by atoms with van der Waals surface area (Å²) in [6.07, 6.45) is 5.56. The third-order valence-corrected chi connectivity index (χ3v) is 2.67. The SMILES string of the molecule is Cc1cc(NCCCc2cn[nH]c2C)ncn1. The fourth-order valence-electron chi connectivity index (χ4n) is 1.67. The van der Waals surface area contributed by atoms with Crippen LogP contribution in [0, 0.1) is 13.8 Å². The van der Waals surface area contributed by atoms with Crippen LogP contribution < -0.4 is 5.32 Å². The van der Waals surface area contributed by atoms with Gasteiger partial charge in [-0.3, -0.25) is 5.10 Å². The number of hydrogen-bond acceptors (Lipinski definition) is 4. The van der Waals surface area contributed by atoms with Gasteiger partial charge in [0.2, 0.25) is 0 Å². The van der Waals surface area contributed by atoms with Crippen molar-refractivity contribution >= 4 is 5.82 Å². The van der Waals surface area contributed by atoms with Gasteiger partial charge in [-0.2, -0.15) is 5.10 Å². The molecule has 0 spiro atoms. The minimum absolute atomic E-state index is 0.890. The maximum atomic E-state index is 4.15. The van der Waals surface area contributed by atoms with Gasteiger partial charge in [0.15, 0.2) is 0 Å². The molecule has 2 heterocycles. The summed E-state index contributed by atoms with van der Waals surface area (Å²) in [5.41, 5.74) is 3.42. The Morgan fingerprint density at radius 3 is 2.88 bits per heavy atom. The van der Waals surface area contributed by atoms with Crippen LogP contribution in [0.2, 0.25) is 0 Å². The molecular formula is C12H17N5. The van der Waals surface area contributed by atoms with E-state index in [-0.39, 0.29) is 0 Å². The highest BCUT2D eigenvalue weighted by Crippen LogP contribution is 2.07. The van der Waals surface area contributed by atoms with Crippen LogP contribution in [0.4, 0.5) is 5.82 Å². The van der Waals surface area contributed by atoms with Gasteiger partial charge in [-0.05, 0) is 32.3 Å². The lowest BCUT2D eigenvalue weighted by Gasteiger charge is -2.05. The number of nitrogens with one attached hydrogen (secondary N) is 2. The molecule has 0 aliphatic rings. The molecule has 5 nitrogen and oxygen atoms in total. The van der Waals surface area contributed by atoms with Gasteiger partial charge in [-0.15, -0.1) is 0 Å². The molecule has 5 heteroatoms. The maximum absolute atomic E-state index is 4.15. The van der Waals surface area contributed by atoms with Gasteiger partial charge in [-0.25, -0.2) is 9.97 Å². The van der Waals surface area contributed by atoms with Crippen molar-refractivity contribution in [1.29, 1.82) is 0 Å². The van der Waals surface area contributed by atoms with Gasteiger partial charge < -0.3 is 5.32 Å². The molecule has 0 amide bonds. The van der Waals surface area contributed by atoms with E-state index in [0.717, 1.165) is 36.6 Å². The molecule has 17 heavy (non-hydrogen) atoms. The molecule has 0 aromatic carbocycles. The van der Waals surface area contributed by atoms with Crippen LogP contribution in [0.25, 0.3) is 0 Å². The number of rotatable bonds is 5. The zero-order chi connectivity index (χ0) is 12.1. The number of aryl methyl sites for hydroxylation is 3. The number of H-pyrrole nitrogens is 1. The average Bonchev–Trinajstić information content (AvgIpc) is 2.71. The van der Waals surface area contributed by atoms with E-state index in [1.807, 2.05) is 26.1 Å². The number of hydrogen-bond donors (Lipinski definition) is 2. The van der Waals surface area contributed by atoms with Crippen molar-refractivity contribution in [2.75, 3.05) is 11.9 Å². The van der Waals surface area contributed by atoms with Crippen LogP contribution in [0.3, 0.4) is 0 Å². The Bertz CT molecular complexity index is 477. The zero-order valence-corrected chi connectivity index (χ0v) is 10.2. The van der Waals surface area contributed by atoms with E-state index in [0.29, 0.717) is 0 Å². The summed E-state index contributed by atoms with van der Waals surface area (Å²) in [4.78, 5) is 8.21. The lowest BCUT2D eigenvalue weighted by molar-refractivity contribution is 0.852. The monoisotopic (exact) mass is 231 g/mol. The Morgan fingerprint density at radius 1 is 1.29 bits per heavy atom. The number of anilines is 1. The quantitative estimate of drug-likeness (QED) is 0.771. The van der Waals surface area contributed by atoms with Gasteiger partial charge in [0.1, 0.15) is 12.1 Å². The molecule has 0 atom stereocenters. The fourth-order valence-corrected chi connectivity index (χ4v) is 1.67. The average molecular weight is 231 g/mol. The van der Waals surface area contributed by atoms with E-state index < -0.39 is 0 Å². The Morgan fingerprint density at radius 2 is 2.18 bits per heavy atom. The summed E-state index contributed by atoms with van der Waals surface area (Å²) in [6.45, 7) is 4.91. The second-order valence-electron chi connectivity index (χ2n) is 4.10. The molecule has 0 radical (unpaired) electrons. The minimum atomic E-state index is 0.890. The zero-order valence-electron chi connectivity index (χ0n) is 10.2. The molecule has 2 aromatic rings. The van der Waals surface area contributed by atoms with Crippen LogP contribution in [0.5, 0.6) is 0 Å². The first kappa shape index (κ1) is 11.6. The van der Waals surface area contributed by atoms with E-state index in [1.54, 1.807) is 6.33 Å². The number of aromatic amines is 1. The topological polar surface area (TPSA) is 66.5 Å². The molecule has 2 aromatic heterocycles. The highest BCUT2D eigenvalue weighted by atomic mass is 15.1. The molecule has 90 valence electrons. The molecule has 2 rings (SSSR count). The maximum Gasteiger partial charge on any atom is 0.129 e. The van der Waals surface area contributed by atoms with Gasteiger partial charge in [0, 0.05) is 24.0 Å². The van der Waals surface area contributed by atoms with Crippen LogP contribution in [0.1, 0.15) is 23.4 Å². The molecule has 0 aliphatic heterocycles. The van der Waals surface area contributed by atoms with E-state index >= 15 is 0 Å². The summed E-state index contributed by atoms with van der Waals surface area (Å²) >= 11 is 0. The van der Waals surface area contributed by atoms with E-state index in [2.05, 4.69) is 25.5 Å². The Labute approximate surface area is 101 Å². The molecular weight excluding hydrogens is 214 g/mol. The van der Waals surface area contributed by atoms with Crippen LogP contribution in [-0.2, 0) is 6.42 Å². The lowest BCUT2D eigenvalue weighted by Crippen LogP contribution is -2.05. The van der Waals surface area contributed by atoms with Crippen molar-refractivity contribution in [2.24, 2.45) is 0 Å². The van der Waals surface area contributed by atoms with E-state index in [1.165, 1.54) is 5.56 Å². The van der Waals surface area contributed by atoms with Crippen LogP contribution in [0.15, 0.2) is 18.6 Å². The summed E-state index contributed by atoms with van der Waals surface area (Å²) in [7, 11) is 0. The van der Waals surface area contributed by atoms with Gasteiger partial charge in [-0.1, -0.05) is 0 Å². The van der Waals surface area contributed by atoms with Gasteiger partial charge in [0.05, 0.1) is 6.20 Å². The smallest absolute Gasteiger partial charge is 0.129 e.